The molecule has 9 heteroatoms. The quantitative estimate of drug-likeness (QED) is 0.501. The van der Waals surface area contributed by atoms with Crippen LogP contribution in [0, 0.1) is 0 Å². The third-order valence-corrected chi connectivity index (χ3v) is 5.79. The van der Waals surface area contributed by atoms with E-state index in [1.165, 1.54) is 5.00 Å². The molecule has 2 aromatic rings. The van der Waals surface area contributed by atoms with E-state index in [-0.39, 0.29) is 6.61 Å². The zero-order chi connectivity index (χ0) is 21.4. The lowest BCUT2D eigenvalue weighted by Crippen LogP contribution is -2.48. The summed E-state index contributed by atoms with van der Waals surface area (Å²) in [4.78, 5) is 6.71. The first-order chi connectivity index (χ1) is 14.4. The van der Waals surface area contributed by atoms with Gasteiger partial charge in [0.15, 0.2) is 5.96 Å². The number of benzene rings is 1. The van der Waals surface area contributed by atoms with E-state index in [1.807, 2.05) is 18.2 Å². The second-order valence-corrected chi connectivity index (χ2v) is 8.14. The van der Waals surface area contributed by atoms with Gasteiger partial charge in [0, 0.05) is 32.7 Å². The summed E-state index contributed by atoms with van der Waals surface area (Å²) in [6.07, 6.45) is -2.24. The standard InChI is InChI=1S/C21H27F3N4OS/c1-25-20(27-18-7-9-28(10-8-18)19-6-3-11-30-19)26-13-16-4-2-5-17(12-16)14-29-15-21(22,23)24/h2-6,11-12,18H,7-10,13-15H2,1H3,(H2,25,26,27). The van der Waals surface area contributed by atoms with Crippen LogP contribution in [0.15, 0.2) is 46.8 Å². The fourth-order valence-corrected chi connectivity index (χ4v) is 4.17. The van der Waals surface area contributed by atoms with Crippen molar-refractivity contribution in [3.63, 3.8) is 0 Å². The third-order valence-electron chi connectivity index (χ3n) is 4.86. The number of aliphatic imine (C=N–C) groups is 1. The Morgan fingerprint density at radius 2 is 1.97 bits per heavy atom. The van der Waals surface area contributed by atoms with Gasteiger partial charge >= 0.3 is 6.18 Å². The molecule has 0 atom stereocenters. The number of hydrogen-bond donors (Lipinski definition) is 2. The molecule has 1 saturated heterocycles. The molecule has 1 aliphatic rings. The van der Waals surface area contributed by atoms with Crippen LogP contribution in [0.25, 0.3) is 0 Å². The number of ether oxygens (including phenoxy) is 1. The van der Waals surface area contributed by atoms with Crippen molar-refractivity contribution in [2.75, 3.05) is 31.6 Å². The van der Waals surface area contributed by atoms with E-state index in [0.29, 0.717) is 18.2 Å². The topological polar surface area (TPSA) is 48.9 Å². The molecule has 0 bridgehead atoms. The lowest BCUT2D eigenvalue weighted by atomic mass is 10.1. The minimum atomic E-state index is -4.31. The van der Waals surface area contributed by atoms with Crippen molar-refractivity contribution in [2.24, 2.45) is 4.99 Å². The van der Waals surface area contributed by atoms with Crippen molar-refractivity contribution in [1.82, 2.24) is 10.6 Å². The molecule has 30 heavy (non-hydrogen) atoms. The van der Waals surface area contributed by atoms with Gasteiger partial charge in [-0.3, -0.25) is 4.99 Å². The molecule has 0 amide bonds. The predicted molar refractivity (Wildman–Crippen MR) is 115 cm³/mol. The van der Waals surface area contributed by atoms with Gasteiger partial charge < -0.3 is 20.3 Å². The fraction of sp³-hybridized carbons (Fsp3) is 0.476. The van der Waals surface area contributed by atoms with Gasteiger partial charge in [-0.25, -0.2) is 0 Å². The number of halogens is 3. The summed E-state index contributed by atoms with van der Waals surface area (Å²) >= 11 is 1.77. The van der Waals surface area contributed by atoms with Gasteiger partial charge in [0.25, 0.3) is 0 Å². The molecule has 3 rings (SSSR count). The number of alkyl halides is 3. The first-order valence-corrected chi connectivity index (χ1v) is 10.8. The van der Waals surface area contributed by atoms with Gasteiger partial charge in [-0.15, -0.1) is 11.3 Å². The Bertz CT molecular complexity index is 803. The maximum absolute atomic E-state index is 12.2. The monoisotopic (exact) mass is 440 g/mol. The highest BCUT2D eigenvalue weighted by molar-refractivity contribution is 7.14. The Labute approximate surface area is 179 Å². The van der Waals surface area contributed by atoms with E-state index in [9.17, 15) is 13.2 Å². The molecule has 1 aromatic heterocycles. The highest BCUT2D eigenvalue weighted by Crippen LogP contribution is 2.24. The summed E-state index contributed by atoms with van der Waals surface area (Å²) in [6, 6.07) is 11.9. The van der Waals surface area contributed by atoms with Crippen LogP contribution >= 0.6 is 11.3 Å². The lowest BCUT2D eigenvalue weighted by Gasteiger charge is -2.33. The van der Waals surface area contributed by atoms with E-state index in [1.54, 1.807) is 24.5 Å². The SMILES string of the molecule is CN=C(NCc1cccc(COCC(F)(F)F)c1)NC1CCN(c2cccs2)CC1. The number of rotatable bonds is 7. The van der Waals surface area contributed by atoms with Gasteiger partial charge in [0.2, 0.25) is 0 Å². The zero-order valence-electron chi connectivity index (χ0n) is 16.9. The van der Waals surface area contributed by atoms with E-state index in [0.717, 1.165) is 37.5 Å². The first kappa shape index (κ1) is 22.4. The molecule has 1 aromatic carbocycles. The molecule has 1 aliphatic heterocycles. The molecule has 0 unspecified atom stereocenters. The Morgan fingerprint density at radius 3 is 2.63 bits per heavy atom. The van der Waals surface area contributed by atoms with Crippen LogP contribution in [0.5, 0.6) is 0 Å². The smallest absolute Gasteiger partial charge is 0.367 e. The average Bonchev–Trinajstić information content (AvgIpc) is 3.26. The van der Waals surface area contributed by atoms with E-state index in [4.69, 9.17) is 4.74 Å². The molecular weight excluding hydrogens is 413 g/mol. The number of thiophene rings is 1. The van der Waals surface area contributed by atoms with E-state index < -0.39 is 12.8 Å². The van der Waals surface area contributed by atoms with Crippen LogP contribution in [-0.4, -0.2) is 44.9 Å². The van der Waals surface area contributed by atoms with Crippen molar-refractivity contribution in [3.8, 4) is 0 Å². The highest BCUT2D eigenvalue weighted by Gasteiger charge is 2.27. The molecule has 0 saturated carbocycles. The van der Waals surface area contributed by atoms with Crippen LogP contribution in [0.2, 0.25) is 0 Å². The van der Waals surface area contributed by atoms with Gasteiger partial charge in [0.1, 0.15) is 6.61 Å². The van der Waals surface area contributed by atoms with E-state index in [2.05, 4.69) is 38.0 Å². The summed E-state index contributed by atoms with van der Waals surface area (Å²) in [6.45, 7) is 1.24. The zero-order valence-corrected chi connectivity index (χ0v) is 17.7. The number of piperidine rings is 1. The van der Waals surface area contributed by atoms with Crippen LogP contribution < -0.4 is 15.5 Å². The van der Waals surface area contributed by atoms with Crippen molar-refractivity contribution in [1.29, 1.82) is 0 Å². The van der Waals surface area contributed by atoms with Gasteiger partial charge in [0.05, 0.1) is 11.6 Å². The van der Waals surface area contributed by atoms with Crippen molar-refractivity contribution in [3.05, 3.63) is 52.9 Å². The molecule has 0 aliphatic carbocycles. The summed E-state index contributed by atoms with van der Waals surface area (Å²) in [7, 11) is 1.73. The number of anilines is 1. The van der Waals surface area contributed by atoms with E-state index >= 15 is 0 Å². The molecule has 0 spiro atoms. The lowest BCUT2D eigenvalue weighted by molar-refractivity contribution is -0.176. The number of nitrogens with zero attached hydrogens (tertiary/aromatic N) is 2. The maximum atomic E-state index is 12.2. The number of guanidine groups is 1. The van der Waals surface area contributed by atoms with Crippen LogP contribution in [0.1, 0.15) is 24.0 Å². The molecular formula is C21H27F3N4OS. The molecule has 1 fully saturated rings. The first-order valence-electron chi connectivity index (χ1n) is 9.91. The third kappa shape index (κ3) is 7.21. The normalized spacial score (nSPS) is 16.0. The van der Waals surface area contributed by atoms with Gasteiger partial charge in [-0.05, 0) is 41.5 Å². The number of nitrogens with one attached hydrogen (secondary N) is 2. The number of hydrogen-bond acceptors (Lipinski definition) is 4. The largest absolute Gasteiger partial charge is 0.411 e. The Balaban J connectivity index is 1.43. The molecule has 5 nitrogen and oxygen atoms in total. The molecule has 164 valence electrons. The minimum absolute atomic E-state index is 0.0663. The molecule has 0 radical (unpaired) electrons. The van der Waals surface area contributed by atoms with Crippen molar-refractivity contribution in [2.45, 2.75) is 38.2 Å². The summed E-state index contributed by atoms with van der Waals surface area (Å²) < 4.78 is 41.4. The molecule has 2 heterocycles. The minimum Gasteiger partial charge on any atom is -0.367 e. The van der Waals surface area contributed by atoms with Crippen molar-refractivity contribution < 1.29 is 17.9 Å². The summed E-state index contributed by atoms with van der Waals surface area (Å²) in [5, 5.41) is 10.2. The summed E-state index contributed by atoms with van der Waals surface area (Å²) in [5.41, 5.74) is 1.67. The van der Waals surface area contributed by atoms with Crippen LogP contribution in [0.4, 0.5) is 18.2 Å². The Hall–Kier alpha value is -2.26. The van der Waals surface area contributed by atoms with Crippen molar-refractivity contribution >= 4 is 22.3 Å². The highest BCUT2D eigenvalue weighted by atomic mass is 32.1. The second-order valence-electron chi connectivity index (χ2n) is 7.21. The van der Waals surface area contributed by atoms with Crippen LogP contribution in [-0.2, 0) is 17.9 Å². The Kier molecular flexibility index (Phi) is 7.98. The Morgan fingerprint density at radius 1 is 1.20 bits per heavy atom. The predicted octanol–water partition coefficient (Wildman–Crippen LogP) is 4.16. The van der Waals surface area contributed by atoms with Crippen LogP contribution in [0.3, 0.4) is 0 Å². The molecule has 2 N–H and O–H groups in total. The fourth-order valence-electron chi connectivity index (χ4n) is 3.38. The maximum Gasteiger partial charge on any atom is 0.411 e. The van der Waals surface area contributed by atoms with Gasteiger partial charge in [-0.2, -0.15) is 13.2 Å². The van der Waals surface area contributed by atoms with Gasteiger partial charge in [-0.1, -0.05) is 24.3 Å². The average molecular weight is 441 g/mol. The summed E-state index contributed by atoms with van der Waals surface area (Å²) in [5.74, 6) is 0.725. The second kappa shape index (κ2) is 10.7.